The average Bonchev–Trinajstić information content (AvgIpc) is 2.47. The maximum atomic E-state index is 11.8. The van der Waals surface area contributed by atoms with Crippen molar-refractivity contribution in [1.29, 1.82) is 0 Å². The number of benzene rings is 1. The van der Waals surface area contributed by atoms with Crippen molar-refractivity contribution in [2.24, 2.45) is 0 Å². The molecule has 0 saturated carbocycles. The van der Waals surface area contributed by atoms with Crippen molar-refractivity contribution in [3.05, 3.63) is 70.5 Å². The highest BCUT2D eigenvalue weighted by atomic mass is 79.9. The van der Waals surface area contributed by atoms with Gasteiger partial charge in [0.15, 0.2) is 0 Å². The van der Waals surface area contributed by atoms with Crippen LogP contribution in [0.25, 0.3) is 11.3 Å². The van der Waals surface area contributed by atoms with E-state index in [1.165, 1.54) is 6.07 Å². The lowest BCUT2D eigenvalue weighted by Crippen LogP contribution is -2.26. The molecule has 0 amide bonds. The van der Waals surface area contributed by atoms with Gasteiger partial charge >= 0.3 is 6.01 Å². The molecule has 2 aromatic rings. The van der Waals surface area contributed by atoms with E-state index >= 15 is 0 Å². The van der Waals surface area contributed by atoms with Gasteiger partial charge in [-0.2, -0.15) is 4.98 Å². The molecule has 21 heavy (non-hydrogen) atoms. The topological polar surface area (TPSA) is 46.3 Å². The van der Waals surface area contributed by atoms with Crippen LogP contribution in [0.4, 0.5) is 6.01 Å². The fourth-order valence-corrected chi connectivity index (χ4v) is 2.09. The Bertz CT molecular complexity index is 682. The maximum Gasteiger partial charge on any atom is 0.301 e. The van der Waals surface area contributed by atoms with Crippen LogP contribution in [0.2, 0.25) is 0 Å². The zero-order chi connectivity index (χ0) is 15.2. The van der Waals surface area contributed by atoms with E-state index < -0.39 is 0 Å². The van der Waals surface area contributed by atoms with Crippen LogP contribution in [-0.2, 0) is 0 Å². The molecule has 0 aliphatic carbocycles. The predicted octanol–water partition coefficient (Wildman–Crippen LogP) is 3.64. The Morgan fingerprint density at radius 2 is 1.81 bits per heavy atom. The summed E-state index contributed by atoms with van der Waals surface area (Å²) in [4.78, 5) is 17.5. The third-order valence-electron chi connectivity index (χ3n) is 2.76. The highest BCUT2D eigenvalue weighted by Gasteiger charge is 2.11. The van der Waals surface area contributed by atoms with Crippen LogP contribution >= 0.6 is 15.9 Å². The van der Waals surface area contributed by atoms with Gasteiger partial charge < -0.3 is 9.32 Å². The Morgan fingerprint density at radius 3 is 2.38 bits per heavy atom. The van der Waals surface area contributed by atoms with Gasteiger partial charge in [-0.1, -0.05) is 40.2 Å². The van der Waals surface area contributed by atoms with Crippen molar-refractivity contribution >= 4 is 21.9 Å². The van der Waals surface area contributed by atoms with Crippen LogP contribution < -0.4 is 10.5 Å². The van der Waals surface area contributed by atoms with Gasteiger partial charge in [0.2, 0.25) is 0 Å². The second-order valence-electron chi connectivity index (χ2n) is 4.33. The number of hydrogen-bond donors (Lipinski definition) is 0. The van der Waals surface area contributed by atoms with Gasteiger partial charge in [0.25, 0.3) is 5.56 Å². The lowest BCUT2D eigenvalue weighted by molar-refractivity contribution is 0.529. The fourth-order valence-electron chi connectivity index (χ4n) is 1.82. The van der Waals surface area contributed by atoms with E-state index in [4.69, 9.17) is 4.42 Å². The zero-order valence-electron chi connectivity index (χ0n) is 11.5. The molecule has 1 aromatic heterocycles. The molecule has 0 N–H and O–H groups in total. The van der Waals surface area contributed by atoms with Crippen LogP contribution in [0, 0.1) is 0 Å². The predicted molar refractivity (Wildman–Crippen MR) is 88.5 cm³/mol. The molecule has 0 aliphatic heterocycles. The molecular weight excluding hydrogens is 332 g/mol. The summed E-state index contributed by atoms with van der Waals surface area (Å²) in [6.45, 7) is 8.42. The van der Waals surface area contributed by atoms with Crippen LogP contribution in [-0.4, -0.2) is 18.1 Å². The van der Waals surface area contributed by atoms with Crippen molar-refractivity contribution in [3.63, 3.8) is 0 Å². The van der Waals surface area contributed by atoms with Gasteiger partial charge in [0.05, 0.1) is 0 Å². The van der Waals surface area contributed by atoms with E-state index in [9.17, 15) is 4.79 Å². The molecule has 0 fully saturated rings. The molecule has 108 valence electrons. The smallest absolute Gasteiger partial charge is 0.301 e. The number of nitrogens with zero attached hydrogens (tertiary/aromatic N) is 2. The van der Waals surface area contributed by atoms with Crippen molar-refractivity contribution in [2.75, 3.05) is 18.0 Å². The Kier molecular flexibility index (Phi) is 5.11. The SMILES string of the molecule is C=CCN(CC=C)c1nc(=O)cc(-c2ccc(Br)cc2)o1. The molecular formula is C16H15BrN2O2. The van der Waals surface area contributed by atoms with Gasteiger partial charge in [-0.25, -0.2) is 0 Å². The first kappa shape index (κ1) is 15.3. The first-order valence-electron chi connectivity index (χ1n) is 6.39. The van der Waals surface area contributed by atoms with E-state index in [0.29, 0.717) is 18.8 Å². The second kappa shape index (κ2) is 7.04. The third-order valence-corrected chi connectivity index (χ3v) is 3.29. The summed E-state index contributed by atoms with van der Waals surface area (Å²) >= 11 is 3.38. The lowest BCUT2D eigenvalue weighted by Gasteiger charge is -2.18. The van der Waals surface area contributed by atoms with E-state index in [0.717, 1.165) is 10.0 Å². The standard InChI is InChI=1S/C16H15BrN2O2/c1-3-9-19(10-4-2)16-18-15(20)11-14(21-16)12-5-7-13(17)8-6-12/h3-8,11H,1-2,9-10H2. The molecule has 0 spiro atoms. The third kappa shape index (κ3) is 3.92. The highest BCUT2D eigenvalue weighted by molar-refractivity contribution is 9.10. The van der Waals surface area contributed by atoms with Crippen molar-refractivity contribution in [2.45, 2.75) is 0 Å². The van der Waals surface area contributed by atoms with Crippen LogP contribution in [0.5, 0.6) is 0 Å². The summed E-state index contributed by atoms with van der Waals surface area (Å²) in [5, 5.41) is 0. The van der Waals surface area contributed by atoms with E-state index in [1.54, 1.807) is 17.1 Å². The number of halogens is 1. The first-order chi connectivity index (χ1) is 10.1. The van der Waals surface area contributed by atoms with Crippen molar-refractivity contribution < 1.29 is 4.42 Å². The summed E-state index contributed by atoms with van der Waals surface area (Å²) in [7, 11) is 0. The summed E-state index contributed by atoms with van der Waals surface area (Å²) in [5.41, 5.74) is 0.475. The lowest BCUT2D eigenvalue weighted by atomic mass is 10.2. The van der Waals surface area contributed by atoms with Crippen LogP contribution in [0.3, 0.4) is 0 Å². The Labute approximate surface area is 131 Å². The molecule has 5 heteroatoms. The zero-order valence-corrected chi connectivity index (χ0v) is 13.0. The second-order valence-corrected chi connectivity index (χ2v) is 5.25. The average molecular weight is 347 g/mol. The molecule has 0 saturated heterocycles. The fraction of sp³-hybridized carbons (Fsp3) is 0.125. The minimum absolute atomic E-state index is 0.264. The number of rotatable bonds is 6. The minimum atomic E-state index is -0.340. The first-order valence-corrected chi connectivity index (χ1v) is 7.18. The maximum absolute atomic E-state index is 11.8. The number of anilines is 1. The highest BCUT2D eigenvalue weighted by Crippen LogP contribution is 2.23. The van der Waals surface area contributed by atoms with Crippen LogP contribution in [0.1, 0.15) is 0 Å². The summed E-state index contributed by atoms with van der Waals surface area (Å²) < 4.78 is 6.72. The number of hydrogen-bond acceptors (Lipinski definition) is 4. The number of aromatic nitrogens is 1. The monoisotopic (exact) mass is 346 g/mol. The van der Waals surface area contributed by atoms with Gasteiger partial charge in [0.1, 0.15) is 5.76 Å². The summed E-state index contributed by atoms with van der Waals surface area (Å²) in [5.74, 6) is 0.482. The van der Waals surface area contributed by atoms with Crippen LogP contribution in [0.15, 0.2) is 69.3 Å². The van der Waals surface area contributed by atoms with Gasteiger partial charge in [-0.05, 0) is 12.1 Å². The summed E-state index contributed by atoms with van der Waals surface area (Å²) in [6.07, 6.45) is 3.44. The molecule has 1 heterocycles. The van der Waals surface area contributed by atoms with E-state index in [2.05, 4.69) is 34.1 Å². The molecule has 0 bridgehead atoms. The minimum Gasteiger partial charge on any atom is -0.425 e. The van der Waals surface area contributed by atoms with Crippen molar-refractivity contribution in [1.82, 2.24) is 4.98 Å². The quantitative estimate of drug-likeness (QED) is 0.749. The Balaban J connectivity index is 2.44. The molecule has 0 aliphatic rings. The molecule has 0 radical (unpaired) electrons. The molecule has 0 atom stereocenters. The Hall–Kier alpha value is -2.14. The molecule has 0 unspecified atom stereocenters. The van der Waals surface area contributed by atoms with E-state index in [-0.39, 0.29) is 11.6 Å². The summed E-state index contributed by atoms with van der Waals surface area (Å²) in [6, 6.07) is 9.17. The Morgan fingerprint density at radius 1 is 1.19 bits per heavy atom. The van der Waals surface area contributed by atoms with Gasteiger partial charge in [-0.15, -0.1) is 13.2 Å². The molecule has 2 rings (SSSR count). The van der Waals surface area contributed by atoms with E-state index in [1.807, 2.05) is 24.3 Å². The largest absolute Gasteiger partial charge is 0.425 e. The molecule has 4 nitrogen and oxygen atoms in total. The van der Waals surface area contributed by atoms with Gasteiger partial charge in [0, 0.05) is 29.2 Å². The van der Waals surface area contributed by atoms with Gasteiger partial charge in [-0.3, -0.25) is 4.79 Å². The van der Waals surface area contributed by atoms with Crippen molar-refractivity contribution in [3.8, 4) is 11.3 Å². The normalized spacial score (nSPS) is 10.1. The molecule has 1 aromatic carbocycles.